The Morgan fingerprint density at radius 3 is 1.21 bits per heavy atom. The number of aryl methyl sites for hydroxylation is 1. The van der Waals surface area contributed by atoms with Gasteiger partial charge in [0.25, 0.3) is 28.1 Å². The van der Waals surface area contributed by atoms with Crippen molar-refractivity contribution in [3.8, 4) is 5.75 Å². The Labute approximate surface area is 688 Å². The van der Waals surface area contributed by atoms with Crippen LogP contribution in [0.4, 0.5) is 0 Å². The number of rotatable bonds is 26. The van der Waals surface area contributed by atoms with Gasteiger partial charge in [0.1, 0.15) is 79.6 Å². The van der Waals surface area contributed by atoms with E-state index < -0.39 is 208 Å². The van der Waals surface area contributed by atoms with Crippen LogP contribution in [-0.4, -0.2) is 352 Å². The first-order valence-electron chi connectivity index (χ1n) is 38.3. The molecule has 4 aromatic heterocycles. The van der Waals surface area contributed by atoms with Crippen LogP contribution in [0.5, 0.6) is 5.75 Å². The van der Waals surface area contributed by atoms with Crippen LogP contribution in [0.2, 0.25) is 0 Å². The Kier molecular flexibility index (Phi) is 35.8. The second-order valence-electron chi connectivity index (χ2n) is 33.9. The van der Waals surface area contributed by atoms with Crippen LogP contribution in [0.15, 0.2) is 87.3 Å². The minimum Gasteiger partial charge on any atom is -0.479 e. The molecule has 1 amide bonds. The lowest BCUT2D eigenvalue weighted by Crippen LogP contribution is -2.47. The van der Waals surface area contributed by atoms with E-state index >= 15 is 0 Å². The van der Waals surface area contributed by atoms with Crippen LogP contribution in [0, 0.1) is 0 Å². The molecule has 670 valence electrons. The highest BCUT2D eigenvalue weighted by molar-refractivity contribution is 7.73. The Balaban J connectivity index is 0.000000231. The van der Waals surface area contributed by atoms with Crippen molar-refractivity contribution in [2.24, 2.45) is 7.05 Å². The van der Waals surface area contributed by atoms with Crippen molar-refractivity contribution in [3.63, 3.8) is 0 Å². The van der Waals surface area contributed by atoms with Gasteiger partial charge in [0.05, 0.1) is 55.8 Å². The Bertz CT molecular complexity index is 5060. The standard InChI is InChI=1S/2C16H25N2O7P.C15H25N2O5P.C15H25N2O4P.C14H23N2O5P/c1-24-11(19)7-9-8-18(16(23)17-14(9)22)15-13(21)12(20)10(25-15)5-6-26(2,3)4;1-9(19)8-24-11-7-18(16(23)17-14(11)22)15-13(21)12(20)10(25-15)5-6-26(2,3)4;1-5-9-8-17(15(21)16-13(9)20)14-12(19)11(18)10(22-14)6-7-23(2,3)4;1-9-8-17(10(2)16-14(9)20)15-13(19)12(18)11(21-15)6-7-22(3,4)5;1-16-13(19)8(7-15-14(16)20)12-11(18)10(17)9(21-12)5-6-22(2,3)4/h8,10,12-13,15,20-21H,2,5-7H2,1,3-4H3,(H,17,22,23);7,10,12-13,15,20-21H,2,5-6,8H2,1,3-4H3,(H,17,22,23);8,10-12,14,18-19H,2,5-7H2,1,3-4H3,(H,16,20,21);8,11-13,15,18-19H,2-3,6-7H2,1,4-5H3,(H,16,20);7,9-12,17-18H,2,5-6H2,1,3-4H3,(H,15,20)/t2*10-,12-,13-,15-;10-,11-,12-,14-;11-,12-,13-,15-;9-,10-,11-,12+/m11111/s1. The summed E-state index contributed by atoms with van der Waals surface area (Å²) in [5.41, 5.74) is -4.25. The summed E-state index contributed by atoms with van der Waals surface area (Å²) < 4.78 is 42.2. The van der Waals surface area contributed by atoms with E-state index in [0.29, 0.717) is 55.5 Å². The highest BCUT2D eigenvalue weighted by Gasteiger charge is 2.50. The number of ketones is 1. The van der Waals surface area contributed by atoms with E-state index in [4.69, 9.17) is 28.4 Å². The number of nitrogens with one attached hydrogen (secondary N) is 5. The van der Waals surface area contributed by atoms with Gasteiger partial charge in [-0.3, -0.25) is 66.8 Å². The molecule has 0 radical (unpaired) electrons. The van der Waals surface area contributed by atoms with E-state index in [-0.39, 0.29) is 41.6 Å². The van der Waals surface area contributed by atoms with Gasteiger partial charge in [-0.25, -0.2) is 19.2 Å². The summed E-state index contributed by atoms with van der Waals surface area (Å²) in [5, 5.41) is 105. The van der Waals surface area contributed by atoms with Crippen molar-refractivity contribution in [1.29, 1.82) is 0 Å². The molecule has 6 aliphatic rings. The number of amides is 1. The molecule has 0 saturated carbocycles. The molecule has 10 rings (SSSR count). The maximum absolute atomic E-state index is 12.1. The summed E-state index contributed by atoms with van der Waals surface area (Å²) in [6, 6.07) is 0. The lowest BCUT2D eigenvalue weighted by atomic mass is 10.0. The fourth-order valence-electron chi connectivity index (χ4n) is 13.0. The molecule has 119 heavy (non-hydrogen) atoms. The largest absolute Gasteiger partial charge is 0.479 e. The van der Waals surface area contributed by atoms with Crippen molar-refractivity contribution in [1.82, 2.24) is 48.4 Å². The minimum absolute atomic E-state index is 0.00462. The molecule has 43 heteroatoms. The van der Waals surface area contributed by atoms with Crippen molar-refractivity contribution in [3.05, 3.63) is 149 Å². The maximum Gasteiger partial charge on any atom is 0.330 e. The summed E-state index contributed by atoms with van der Waals surface area (Å²) in [6.45, 7) is 22.5. The number of aliphatic hydroxyl groups excluding tert-OH is 10. The van der Waals surface area contributed by atoms with Gasteiger partial charge in [-0.1, -0.05) is 13.5 Å². The molecule has 20 atom stereocenters. The molecule has 0 spiro atoms. The molecule has 6 aliphatic heterocycles. The zero-order valence-corrected chi connectivity index (χ0v) is 74.6. The topological polar surface area (TPSA) is 553 Å². The number of nitrogens with zero attached hydrogens (tertiary/aromatic N) is 5. The van der Waals surface area contributed by atoms with E-state index in [2.05, 4.69) is 108 Å². The van der Waals surface area contributed by atoms with Crippen LogP contribution in [0.1, 0.15) is 94.4 Å². The summed E-state index contributed by atoms with van der Waals surface area (Å²) in [5.74, 6) is -1.09. The van der Waals surface area contributed by atoms with Gasteiger partial charge >= 0.3 is 28.7 Å². The first-order valence-corrected chi connectivity index (χ1v) is 53.6. The number of ether oxygens (including phenoxy) is 7. The number of carbonyl (C=O) groups excluding carboxylic acids is 3. The lowest BCUT2D eigenvalue weighted by Gasteiger charge is -2.34. The third-order valence-electron chi connectivity index (χ3n) is 20.1. The zero-order valence-electron chi connectivity index (χ0n) is 70.2. The van der Waals surface area contributed by atoms with E-state index in [9.17, 15) is 104 Å². The number of aromatic amines is 4. The zero-order chi connectivity index (χ0) is 90.0. The number of hydrogen-bond donors (Lipinski definition) is 15. The predicted molar refractivity (Wildman–Crippen MR) is 465 cm³/mol. The molecular formula is C76H123N10O28P5. The maximum atomic E-state index is 12.1. The summed E-state index contributed by atoms with van der Waals surface area (Å²) in [4.78, 5) is 139. The highest BCUT2D eigenvalue weighted by atomic mass is 31.2. The van der Waals surface area contributed by atoms with E-state index in [1.54, 1.807) is 24.9 Å². The Hall–Kier alpha value is -6.69. The minimum atomic E-state index is -1.35. The summed E-state index contributed by atoms with van der Waals surface area (Å²) in [7, 11) is 2.53. The van der Waals surface area contributed by atoms with Gasteiger partial charge in [-0.15, -0.1) is 65.9 Å². The number of methoxy groups -OCH3 is 1. The molecule has 15 N–H and O–H groups in total. The fourth-order valence-corrected chi connectivity index (χ4v) is 17.8. The molecule has 38 nitrogen and oxygen atoms in total. The van der Waals surface area contributed by atoms with Crippen LogP contribution in [0.3, 0.4) is 0 Å². The third kappa shape index (κ3) is 28.2. The van der Waals surface area contributed by atoms with Gasteiger partial charge in [-0.05, 0) is 150 Å². The lowest BCUT2D eigenvalue weighted by molar-refractivity contribution is -0.139. The first kappa shape index (κ1) is 101. The molecular weight excluding hydrogens is 1660 g/mol. The molecule has 0 bridgehead atoms. The van der Waals surface area contributed by atoms with Crippen LogP contribution in [0.25, 0.3) is 0 Å². The number of hydrogen-bond acceptors (Lipinski definition) is 29. The molecule has 4 aromatic rings. The number of Topliss-reactive ketones (excluding diaryl/α,β-unsaturated/α-hetero) is 1. The molecule has 0 aliphatic carbocycles. The second kappa shape index (κ2) is 42.1. The first-order chi connectivity index (χ1) is 54.9. The average molecular weight is 1780 g/mol. The van der Waals surface area contributed by atoms with Gasteiger partial charge in [-0.2, -0.15) is 0 Å². The van der Waals surface area contributed by atoms with Crippen LogP contribution >= 0.6 is 34.4 Å². The van der Waals surface area contributed by atoms with E-state index in [1.165, 1.54) is 33.5 Å². The number of aliphatic hydroxyl groups is 10. The summed E-state index contributed by atoms with van der Waals surface area (Å²) in [6.07, 6.45) is 14.4. The SMILES string of the molecule is C=C1NC(=O)C(C)=CN1[C@@H]1O[C@H](CCP(=C)(C)C)[C@@H](O)[C@H]1O.C=P(C)(C)CC[C@H]1O[C@@H](c2c[nH]c(=O)n(C)c2=O)[C@H](O)[C@@H]1O.C=P(C)(C)CC[C@H]1O[C@@H](n2cc(CC(=O)OC)c(=O)[nH]c2=O)[C@H](O)[C@@H]1O.C=P(C)(C)CC[C@H]1O[C@@H](n2cc(CC)c(=O)[nH]c2=O)[C@H](O)[C@@H]1O.C=P(C)(C)CC[C@H]1O[C@@H](n2cc(OCC(C)=O)c(=O)[nH]c2=O)[C@H](O)[C@@H]1O. The molecule has 0 unspecified atom stereocenters. The molecule has 0 aromatic carbocycles. The highest BCUT2D eigenvalue weighted by Crippen LogP contribution is 2.44. The van der Waals surface area contributed by atoms with E-state index in [1.807, 2.05) is 26.7 Å². The number of H-pyrrole nitrogens is 4. The summed E-state index contributed by atoms with van der Waals surface area (Å²) >= 11 is 0. The van der Waals surface area contributed by atoms with Gasteiger partial charge in [0.2, 0.25) is 5.75 Å². The van der Waals surface area contributed by atoms with Crippen LogP contribution in [-0.2, 0) is 62.7 Å². The smallest absolute Gasteiger partial charge is 0.330 e. The van der Waals surface area contributed by atoms with E-state index in [0.717, 1.165) is 61.5 Å². The van der Waals surface area contributed by atoms with Crippen molar-refractivity contribution in [2.75, 3.05) is 111 Å². The van der Waals surface area contributed by atoms with Gasteiger partial charge in [0, 0.05) is 48.5 Å². The average Bonchev–Trinajstić information content (AvgIpc) is 1.68. The number of carbonyl (C=O) groups is 3. The van der Waals surface area contributed by atoms with Crippen molar-refractivity contribution in [2.45, 2.75) is 188 Å². The quantitative estimate of drug-likeness (QED) is 0.0232. The van der Waals surface area contributed by atoms with Crippen molar-refractivity contribution >= 4 is 83.6 Å². The third-order valence-corrected chi connectivity index (χ3v) is 27.4. The predicted octanol–water partition coefficient (Wildman–Crippen LogP) is -2.32. The van der Waals surface area contributed by atoms with Gasteiger partial charge in [0.15, 0.2) is 30.7 Å². The fraction of sp³-hybridized carbons (Fsp3) is 0.632. The molecule has 5 saturated heterocycles. The Morgan fingerprint density at radius 2 is 0.832 bits per heavy atom. The molecule has 10 heterocycles. The Morgan fingerprint density at radius 1 is 0.487 bits per heavy atom. The second-order valence-corrected chi connectivity index (χ2v) is 55.5. The van der Waals surface area contributed by atoms with Crippen molar-refractivity contribution < 1.29 is 98.6 Å². The molecule has 5 fully saturated rings. The normalized spacial score (nSPS) is 28.3. The number of aromatic nitrogens is 8. The van der Waals surface area contributed by atoms with Crippen LogP contribution < -0.4 is 55.0 Å². The monoisotopic (exact) mass is 1780 g/mol. The number of esters is 1. The van der Waals surface area contributed by atoms with Gasteiger partial charge < -0.3 is 99.4 Å².